The fourth-order valence-electron chi connectivity index (χ4n) is 2.53. The number of nitrogens with zero attached hydrogens (tertiary/aromatic N) is 2. The summed E-state index contributed by atoms with van der Waals surface area (Å²) in [5.41, 5.74) is 2.12. The molecule has 0 radical (unpaired) electrons. The van der Waals surface area contributed by atoms with Gasteiger partial charge in [0.25, 0.3) is 0 Å². The van der Waals surface area contributed by atoms with Gasteiger partial charge in [0.05, 0.1) is 19.1 Å². The van der Waals surface area contributed by atoms with Crippen molar-refractivity contribution in [2.45, 2.75) is 12.5 Å². The molecule has 5 nitrogen and oxygen atoms in total. The molecule has 0 bridgehead atoms. The van der Waals surface area contributed by atoms with Crippen LogP contribution in [0, 0.1) is 0 Å². The maximum Gasteiger partial charge on any atom is 0.226 e. The van der Waals surface area contributed by atoms with E-state index >= 15 is 0 Å². The van der Waals surface area contributed by atoms with E-state index in [1.54, 1.807) is 11.9 Å². The van der Waals surface area contributed by atoms with Gasteiger partial charge >= 0.3 is 0 Å². The van der Waals surface area contributed by atoms with E-state index in [0.717, 1.165) is 16.5 Å². The number of benzene rings is 1. The summed E-state index contributed by atoms with van der Waals surface area (Å²) >= 11 is 0. The van der Waals surface area contributed by atoms with Gasteiger partial charge in [0.2, 0.25) is 5.91 Å². The molecule has 1 amide bonds. The molecule has 1 aromatic carbocycles. The quantitative estimate of drug-likeness (QED) is 0.869. The highest BCUT2D eigenvalue weighted by Crippen LogP contribution is 2.21. The first-order valence-corrected chi connectivity index (χ1v) is 6.96. The second-order valence-corrected chi connectivity index (χ2v) is 5.34. The van der Waals surface area contributed by atoms with E-state index in [2.05, 4.69) is 0 Å². The molecule has 1 atom stereocenters. The van der Waals surface area contributed by atoms with Crippen molar-refractivity contribution in [3.8, 4) is 0 Å². The van der Waals surface area contributed by atoms with Gasteiger partial charge in [0, 0.05) is 44.8 Å². The topological polar surface area (TPSA) is 54.7 Å². The van der Waals surface area contributed by atoms with Crippen LogP contribution in [-0.4, -0.2) is 53.9 Å². The molecule has 0 aliphatic rings. The molecule has 2 aromatic rings. The normalized spacial score (nSPS) is 12.6. The maximum absolute atomic E-state index is 12.3. The highest BCUT2D eigenvalue weighted by atomic mass is 16.5. The number of hydrogen-bond acceptors (Lipinski definition) is 3. The second kappa shape index (κ2) is 6.74. The minimum absolute atomic E-state index is 0.0125. The van der Waals surface area contributed by atoms with Gasteiger partial charge in [-0.2, -0.15) is 0 Å². The van der Waals surface area contributed by atoms with Gasteiger partial charge in [-0.25, -0.2) is 0 Å². The highest BCUT2D eigenvalue weighted by molar-refractivity contribution is 5.89. The smallest absolute Gasteiger partial charge is 0.226 e. The van der Waals surface area contributed by atoms with Crippen molar-refractivity contribution < 1.29 is 14.6 Å². The first-order chi connectivity index (χ1) is 10.0. The third-order valence-corrected chi connectivity index (χ3v) is 3.59. The fraction of sp³-hybridized carbons (Fsp3) is 0.438. The molecule has 2 rings (SSSR count). The molecule has 0 aliphatic heterocycles. The molecule has 1 aromatic heterocycles. The van der Waals surface area contributed by atoms with Crippen LogP contribution >= 0.6 is 0 Å². The molecule has 1 heterocycles. The SMILES string of the molecule is COCC(O)CN(C)C(=O)Cc1cn(C)c2ccccc12. The van der Waals surface area contributed by atoms with E-state index in [1.165, 1.54) is 7.11 Å². The number of aliphatic hydroxyl groups is 1. The molecule has 1 unspecified atom stereocenters. The van der Waals surface area contributed by atoms with E-state index in [9.17, 15) is 9.90 Å². The van der Waals surface area contributed by atoms with E-state index < -0.39 is 6.10 Å². The van der Waals surface area contributed by atoms with Crippen LogP contribution in [0.5, 0.6) is 0 Å². The van der Waals surface area contributed by atoms with Crippen LogP contribution in [0.25, 0.3) is 10.9 Å². The Morgan fingerprint density at radius 3 is 2.86 bits per heavy atom. The Morgan fingerprint density at radius 1 is 1.43 bits per heavy atom. The van der Waals surface area contributed by atoms with Crippen molar-refractivity contribution in [3.05, 3.63) is 36.0 Å². The fourth-order valence-corrected chi connectivity index (χ4v) is 2.53. The van der Waals surface area contributed by atoms with Gasteiger partial charge in [0.15, 0.2) is 0 Å². The number of carbonyl (C=O) groups is 1. The van der Waals surface area contributed by atoms with Crippen molar-refractivity contribution >= 4 is 16.8 Å². The number of ether oxygens (including phenoxy) is 1. The Morgan fingerprint density at radius 2 is 2.14 bits per heavy atom. The highest BCUT2D eigenvalue weighted by Gasteiger charge is 2.16. The average molecular weight is 290 g/mol. The predicted octanol–water partition coefficient (Wildman–Crippen LogP) is 1.19. The Balaban J connectivity index is 2.07. The van der Waals surface area contributed by atoms with Crippen LogP contribution in [-0.2, 0) is 23.0 Å². The van der Waals surface area contributed by atoms with E-state index in [-0.39, 0.29) is 19.1 Å². The number of aromatic nitrogens is 1. The number of para-hydroxylation sites is 1. The first-order valence-electron chi connectivity index (χ1n) is 6.96. The molecular formula is C16H22N2O3. The van der Waals surface area contributed by atoms with Gasteiger partial charge in [-0.1, -0.05) is 18.2 Å². The van der Waals surface area contributed by atoms with Crippen LogP contribution in [0.1, 0.15) is 5.56 Å². The van der Waals surface area contributed by atoms with Crippen molar-refractivity contribution in [1.29, 1.82) is 0 Å². The van der Waals surface area contributed by atoms with Crippen molar-refractivity contribution in [2.75, 3.05) is 27.3 Å². The minimum atomic E-state index is -0.656. The van der Waals surface area contributed by atoms with Crippen LogP contribution in [0.2, 0.25) is 0 Å². The third-order valence-electron chi connectivity index (χ3n) is 3.59. The minimum Gasteiger partial charge on any atom is -0.389 e. The van der Waals surface area contributed by atoms with Gasteiger partial charge in [-0.3, -0.25) is 4.79 Å². The van der Waals surface area contributed by atoms with Crippen LogP contribution in [0.3, 0.4) is 0 Å². The lowest BCUT2D eigenvalue weighted by atomic mass is 10.1. The number of fused-ring (bicyclic) bond motifs is 1. The van der Waals surface area contributed by atoms with Gasteiger partial charge in [-0.05, 0) is 11.6 Å². The predicted molar refractivity (Wildman–Crippen MR) is 82.1 cm³/mol. The van der Waals surface area contributed by atoms with Crippen molar-refractivity contribution in [1.82, 2.24) is 9.47 Å². The molecule has 0 aliphatic carbocycles. The largest absolute Gasteiger partial charge is 0.389 e. The molecule has 0 spiro atoms. The number of amides is 1. The number of aryl methyl sites for hydroxylation is 1. The summed E-state index contributed by atoms with van der Waals surface area (Å²) in [7, 11) is 5.20. The van der Waals surface area contributed by atoms with E-state index in [0.29, 0.717) is 6.42 Å². The maximum atomic E-state index is 12.3. The third kappa shape index (κ3) is 3.62. The first kappa shape index (κ1) is 15.5. The zero-order valence-electron chi connectivity index (χ0n) is 12.7. The summed E-state index contributed by atoms with van der Waals surface area (Å²) in [6.07, 6.45) is 1.66. The summed E-state index contributed by atoms with van der Waals surface area (Å²) < 4.78 is 6.90. The zero-order valence-corrected chi connectivity index (χ0v) is 12.7. The number of carbonyl (C=O) groups excluding carboxylic acids is 1. The van der Waals surface area contributed by atoms with Crippen LogP contribution < -0.4 is 0 Å². The molecule has 5 heteroatoms. The standard InChI is InChI=1S/C16H22N2O3/c1-17-9-12(14-6-4-5-7-15(14)17)8-16(20)18(2)10-13(19)11-21-3/h4-7,9,13,19H,8,10-11H2,1-3H3. The Hall–Kier alpha value is -1.85. The lowest BCUT2D eigenvalue weighted by Gasteiger charge is -2.20. The second-order valence-electron chi connectivity index (χ2n) is 5.34. The van der Waals surface area contributed by atoms with Crippen molar-refractivity contribution in [2.24, 2.45) is 7.05 Å². The van der Waals surface area contributed by atoms with Gasteiger partial charge < -0.3 is 19.3 Å². The summed E-state index contributed by atoms with van der Waals surface area (Å²) in [4.78, 5) is 13.8. The molecule has 0 saturated carbocycles. The Bertz CT molecular complexity index is 621. The zero-order chi connectivity index (χ0) is 15.4. The van der Waals surface area contributed by atoms with E-state index in [1.807, 2.05) is 42.1 Å². The van der Waals surface area contributed by atoms with E-state index in [4.69, 9.17) is 4.74 Å². The molecule has 21 heavy (non-hydrogen) atoms. The number of aliphatic hydroxyl groups excluding tert-OH is 1. The summed E-state index contributed by atoms with van der Waals surface area (Å²) in [5, 5.41) is 10.8. The molecule has 0 saturated heterocycles. The molecule has 0 fully saturated rings. The monoisotopic (exact) mass is 290 g/mol. The average Bonchev–Trinajstić information content (AvgIpc) is 2.76. The summed E-state index contributed by atoms with van der Waals surface area (Å²) in [6, 6.07) is 8.02. The van der Waals surface area contributed by atoms with Gasteiger partial charge in [-0.15, -0.1) is 0 Å². The number of likely N-dealkylation sites (N-methyl/N-ethyl adjacent to an activating group) is 1. The van der Waals surface area contributed by atoms with Gasteiger partial charge in [0.1, 0.15) is 0 Å². The lowest BCUT2D eigenvalue weighted by molar-refractivity contribution is -0.130. The summed E-state index contributed by atoms with van der Waals surface area (Å²) in [5.74, 6) is -0.0125. The van der Waals surface area contributed by atoms with Crippen LogP contribution in [0.4, 0.5) is 0 Å². The van der Waals surface area contributed by atoms with Crippen molar-refractivity contribution in [3.63, 3.8) is 0 Å². The molecular weight excluding hydrogens is 268 g/mol. The number of rotatable bonds is 6. The molecule has 1 N–H and O–H groups in total. The number of hydrogen-bond donors (Lipinski definition) is 1. The Labute approximate surface area is 124 Å². The lowest BCUT2D eigenvalue weighted by Crippen LogP contribution is -2.37. The molecule has 114 valence electrons. The summed E-state index contributed by atoms with van der Waals surface area (Å²) in [6.45, 7) is 0.503. The Kier molecular flexibility index (Phi) is 4.98. The number of methoxy groups -OCH3 is 1. The van der Waals surface area contributed by atoms with Crippen LogP contribution in [0.15, 0.2) is 30.5 Å².